The monoisotopic (exact) mass is 282 g/mol. The number of nitrogens with one attached hydrogen (secondary N) is 2. The molecule has 2 amide bonds. The molecule has 0 heterocycles. The molecule has 1 aromatic rings. The summed E-state index contributed by atoms with van der Waals surface area (Å²) in [7, 11) is 1.53. The number of amides is 2. The molecule has 0 saturated carbocycles. The van der Waals surface area contributed by atoms with Gasteiger partial charge in [-0.15, -0.1) is 0 Å². The summed E-state index contributed by atoms with van der Waals surface area (Å²) in [6, 6.07) is 6.62. The number of methoxy groups -OCH3 is 1. The smallest absolute Gasteiger partial charge is 0.337 e. The van der Waals surface area contributed by atoms with E-state index in [2.05, 4.69) is 10.6 Å². The summed E-state index contributed by atoms with van der Waals surface area (Å²) >= 11 is 0. The number of rotatable bonds is 6. The molecule has 0 saturated heterocycles. The van der Waals surface area contributed by atoms with Gasteiger partial charge in [-0.1, -0.05) is 18.2 Å². The predicted octanol–water partition coefficient (Wildman–Crippen LogP) is 0.330. The van der Waals surface area contributed by atoms with Crippen LogP contribution in [0.25, 0.3) is 0 Å². The third-order valence-corrected chi connectivity index (χ3v) is 2.69. The normalized spacial score (nSPS) is 13.2. The molecule has 0 radical (unpaired) electrons. The molecule has 0 aliphatic rings. The van der Waals surface area contributed by atoms with Crippen LogP contribution >= 0.6 is 0 Å². The zero-order chi connectivity index (χ0) is 15.2. The third-order valence-electron chi connectivity index (χ3n) is 2.69. The highest BCUT2D eigenvalue weighted by atomic mass is 16.5. The first kappa shape index (κ1) is 15.8. The molecule has 0 aromatic heterocycles. The molecule has 1 atom stereocenters. The first-order valence-corrected chi connectivity index (χ1v) is 5.96. The molecular weight excluding hydrogens is 264 g/mol. The molecule has 0 bridgehead atoms. The Morgan fingerprint density at radius 3 is 2.55 bits per heavy atom. The summed E-state index contributed by atoms with van der Waals surface area (Å²) in [6.45, 7) is 0.945. The molecule has 0 aliphatic heterocycles. The fourth-order valence-electron chi connectivity index (χ4n) is 1.42. The lowest BCUT2D eigenvalue weighted by Gasteiger charge is -2.18. The zero-order valence-electron chi connectivity index (χ0n) is 11.3. The van der Waals surface area contributed by atoms with E-state index in [4.69, 9.17) is 9.84 Å². The van der Waals surface area contributed by atoms with Crippen molar-refractivity contribution in [3.05, 3.63) is 29.8 Å². The number of carboxylic acids is 1. The molecule has 1 aromatic carbocycles. The second-order valence-electron chi connectivity index (χ2n) is 4.43. The van der Waals surface area contributed by atoms with Crippen LogP contribution in [0.4, 0.5) is 4.79 Å². The van der Waals surface area contributed by atoms with Crippen LogP contribution in [-0.2, 0) is 11.3 Å². The highest BCUT2D eigenvalue weighted by molar-refractivity contribution is 5.79. The third kappa shape index (κ3) is 4.43. The van der Waals surface area contributed by atoms with E-state index < -0.39 is 17.6 Å². The first-order chi connectivity index (χ1) is 9.36. The van der Waals surface area contributed by atoms with E-state index in [1.165, 1.54) is 7.11 Å². The Hall–Kier alpha value is -2.28. The number of benzene rings is 1. The van der Waals surface area contributed by atoms with Crippen LogP contribution in [0.5, 0.6) is 5.75 Å². The topological polar surface area (TPSA) is 108 Å². The van der Waals surface area contributed by atoms with Crippen molar-refractivity contribution in [1.82, 2.24) is 10.6 Å². The number of carboxylic acid groups (broad SMARTS) is 1. The molecule has 20 heavy (non-hydrogen) atoms. The second kappa shape index (κ2) is 6.76. The van der Waals surface area contributed by atoms with Crippen molar-refractivity contribution in [2.75, 3.05) is 13.7 Å². The number of aliphatic hydroxyl groups is 1. The highest BCUT2D eigenvalue weighted by Gasteiger charge is 2.30. The summed E-state index contributed by atoms with van der Waals surface area (Å²) in [5.41, 5.74) is -1.21. The number of carbonyl (C=O) groups is 2. The van der Waals surface area contributed by atoms with Gasteiger partial charge in [0.1, 0.15) is 5.75 Å². The van der Waals surface area contributed by atoms with Crippen molar-refractivity contribution in [2.45, 2.75) is 19.1 Å². The zero-order valence-corrected chi connectivity index (χ0v) is 11.3. The van der Waals surface area contributed by atoms with Gasteiger partial charge in [0, 0.05) is 12.1 Å². The van der Waals surface area contributed by atoms with Crippen molar-refractivity contribution in [3.8, 4) is 5.75 Å². The molecule has 110 valence electrons. The summed E-state index contributed by atoms with van der Waals surface area (Å²) in [5.74, 6) is -0.757. The van der Waals surface area contributed by atoms with Crippen molar-refractivity contribution in [3.63, 3.8) is 0 Å². The lowest BCUT2D eigenvalue weighted by atomic mass is 10.1. The maximum absolute atomic E-state index is 11.5. The van der Waals surface area contributed by atoms with Crippen molar-refractivity contribution in [2.24, 2.45) is 0 Å². The summed E-state index contributed by atoms with van der Waals surface area (Å²) in [6.07, 6.45) is 0. The predicted molar refractivity (Wildman–Crippen MR) is 71.5 cm³/mol. The molecule has 7 nitrogen and oxygen atoms in total. The molecular formula is C13H18N2O5. The Balaban J connectivity index is 2.46. The summed E-state index contributed by atoms with van der Waals surface area (Å²) in [5, 5.41) is 23.0. The minimum absolute atomic E-state index is 0.227. The Morgan fingerprint density at radius 2 is 1.95 bits per heavy atom. The van der Waals surface area contributed by atoms with Crippen molar-refractivity contribution >= 4 is 12.0 Å². The maximum atomic E-state index is 11.5. The summed E-state index contributed by atoms with van der Waals surface area (Å²) in [4.78, 5) is 22.2. The Labute approximate surface area is 116 Å². The van der Waals surface area contributed by atoms with E-state index in [9.17, 15) is 14.7 Å². The van der Waals surface area contributed by atoms with Crippen LogP contribution in [-0.4, -0.2) is 41.5 Å². The average Bonchev–Trinajstić information content (AvgIpc) is 2.43. The van der Waals surface area contributed by atoms with Crippen LogP contribution in [0.3, 0.4) is 0 Å². The number of ether oxygens (including phenoxy) is 1. The molecule has 1 rings (SSSR count). The van der Waals surface area contributed by atoms with E-state index in [1.54, 1.807) is 12.1 Å². The van der Waals surface area contributed by atoms with E-state index >= 15 is 0 Å². The lowest BCUT2D eigenvalue weighted by Crippen LogP contribution is -2.49. The fraction of sp³-hybridized carbons (Fsp3) is 0.385. The van der Waals surface area contributed by atoms with Gasteiger partial charge in [0.05, 0.1) is 13.7 Å². The van der Waals surface area contributed by atoms with Crippen LogP contribution in [0.15, 0.2) is 24.3 Å². The fourth-order valence-corrected chi connectivity index (χ4v) is 1.42. The van der Waals surface area contributed by atoms with E-state index in [1.807, 2.05) is 12.1 Å². The standard InChI is InChI=1S/C13H18N2O5/c1-13(19,11(16)17)8-15-12(18)14-7-9-5-3-4-6-10(9)20-2/h3-6,19H,7-8H2,1-2H3,(H,16,17)(H2,14,15,18). The first-order valence-electron chi connectivity index (χ1n) is 5.96. The molecule has 7 heteroatoms. The molecule has 0 spiro atoms. The highest BCUT2D eigenvalue weighted by Crippen LogP contribution is 2.16. The number of hydrogen-bond acceptors (Lipinski definition) is 4. The quantitative estimate of drug-likeness (QED) is 0.601. The lowest BCUT2D eigenvalue weighted by molar-refractivity contribution is -0.155. The van der Waals surface area contributed by atoms with Gasteiger partial charge in [-0.05, 0) is 13.0 Å². The van der Waals surface area contributed by atoms with Crippen molar-refractivity contribution in [1.29, 1.82) is 0 Å². The molecule has 0 aliphatic carbocycles. The number of para-hydroxylation sites is 1. The van der Waals surface area contributed by atoms with Gasteiger partial charge in [-0.2, -0.15) is 0 Å². The van der Waals surface area contributed by atoms with Crippen LogP contribution in [0, 0.1) is 0 Å². The van der Waals surface area contributed by atoms with Gasteiger partial charge < -0.3 is 25.6 Å². The van der Waals surface area contributed by atoms with Crippen LogP contribution in [0.1, 0.15) is 12.5 Å². The minimum atomic E-state index is -2.00. The maximum Gasteiger partial charge on any atom is 0.337 e. The van der Waals surface area contributed by atoms with Crippen molar-refractivity contribution < 1.29 is 24.5 Å². The molecule has 0 fully saturated rings. The SMILES string of the molecule is COc1ccccc1CNC(=O)NCC(C)(O)C(=O)O. The Morgan fingerprint density at radius 1 is 1.30 bits per heavy atom. The second-order valence-corrected chi connectivity index (χ2v) is 4.43. The van der Waals surface area contributed by atoms with Gasteiger partial charge in [0.25, 0.3) is 0 Å². The van der Waals surface area contributed by atoms with Crippen LogP contribution < -0.4 is 15.4 Å². The van der Waals surface area contributed by atoms with E-state index in [0.29, 0.717) is 5.75 Å². The van der Waals surface area contributed by atoms with Gasteiger partial charge in [-0.25, -0.2) is 9.59 Å². The minimum Gasteiger partial charge on any atom is -0.496 e. The van der Waals surface area contributed by atoms with Gasteiger partial charge in [0.2, 0.25) is 0 Å². The van der Waals surface area contributed by atoms with Gasteiger partial charge in [-0.3, -0.25) is 0 Å². The largest absolute Gasteiger partial charge is 0.496 e. The number of aliphatic carboxylic acids is 1. The number of urea groups is 1. The average molecular weight is 282 g/mol. The number of hydrogen-bond donors (Lipinski definition) is 4. The van der Waals surface area contributed by atoms with Gasteiger partial charge >= 0.3 is 12.0 Å². The van der Waals surface area contributed by atoms with Gasteiger partial charge in [0.15, 0.2) is 5.60 Å². The van der Waals surface area contributed by atoms with E-state index in [0.717, 1.165) is 12.5 Å². The van der Waals surface area contributed by atoms with E-state index in [-0.39, 0.29) is 13.1 Å². The Kier molecular flexibility index (Phi) is 5.33. The Bertz CT molecular complexity index is 487. The molecule has 1 unspecified atom stereocenters. The summed E-state index contributed by atoms with van der Waals surface area (Å²) < 4.78 is 5.13. The van der Waals surface area contributed by atoms with Crippen LogP contribution in [0.2, 0.25) is 0 Å². The number of carbonyl (C=O) groups excluding carboxylic acids is 1. The molecule has 4 N–H and O–H groups in total.